The van der Waals surface area contributed by atoms with E-state index in [1.54, 1.807) is 79.3 Å². The Kier molecular flexibility index (Phi) is 7.16. The predicted octanol–water partition coefficient (Wildman–Crippen LogP) is 3.81. The summed E-state index contributed by atoms with van der Waals surface area (Å²) in [5.74, 6) is -0.289. The van der Waals surface area contributed by atoms with Crippen LogP contribution in [0, 0.1) is 6.92 Å². The number of carbonyl (C=O) groups excluding carboxylic acids is 1. The van der Waals surface area contributed by atoms with Crippen LogP contribution < -0.4 is 21.3 Å². The maximum absolute atomic E-state index is 13.2. The molecule has 0 saturated heterocycles. The molecule has 5 aromatic rings. The highest BCUT2D eigenvalue weighted by Crippen LogP contribution is 2.28. The van der Waals surface area contributed by atoms with Crippen LogP contribution in [0.1, 0.15) is 16.1 Å². The van der Waals surface area contributed by atoms with Gasteiger partial charge in [-0.3, -0.25) is 19.0 Å². The van der Waals surface area contributed by atoms with E-state index < -0.39 is 21.5 Å². The van der Waals surface area contributed by atoms with E-state index >= 15 is 0 Å². The van der Waals surface area contributed by atoms with Crippen molar-refractivity contribution in [3.8, 4) is 28.2 Å². The number of nitrogens with zero attached hydrogens (tertiary/aromatic N) is 4. The number of anilines is 3. The summed E-state index contributed by atoms with van der Waals surface area (Å²) in [5, 5.41) is 2.80. The van der Waals surface area contributed by atoms with E-state index in [1.807, 2.05) is 18.2 Å². The minimum absolute atomic E-state index is 0.0565. The third-order valence-corrected chi connectivity index (χ3v) is 7.09. The smallest absolute Gasteiger partial charge is 0.284 e. The molecule has 11 nitrogen and oxygen atoms in total. The lowest BCUT2D eigenvalue weighted by molar-refractivity contribution is 0.102. The molecule has 1 amide bonds. The topological polar surface area (TPSA) is 154 Å². The number of nitrogen functional groups attached to an aromatic ring is 1. The summed E-state index contributed by atoms with van der Waals surface area (Å²) in [6, 6.07) is 22.7. The Hall–Kier alpha value is -5.23. The molecule has 0 saturated carbocycles. The lowest BCUT2D eigenvalue weighted by atomic mass is 10.1. The zero-order valence-electron chi connectivity index (χ0n) is 22.5. The Labute approximate surface area is 236 Å². The fourth-order valence-electron chi connectivity index (χ4n) is 4.41. The Morgan fingerprint density at radius 3 is 2.15 bits per heavy atom. The van der Waals surface area contributed by atoms with Crippen LogP contribution in [-0.4, -0.2) is 39.9 Å². The van der Waals surface area contributed by atoms with Gasteiger partial charge < -0.3 is 11.1 Å². The molecule has 12 heteroatoms. The van der Waals surface area contributed by atoms with Crippen LogP contribution in [0.15, 0.2) is 89.9 Å². The lowest BCUT2D eigenvalue weighted by Crippen LogP contribution is -2.25. The summed E-state index contributed by atoms with van der Waals surface area (Å²) in [5.41, 5.74) is 10.3. The second kappa shape index (κ2) is 10.7. The van der Waals surface area contributed by atoms with E-state index in [4.69, 9.17) is 5.73 Å². The van der Waals surface area contributed by atoms with Crippen molar-refractivity contribution in [1.29, 1.82) is 0 Å². The minimum atomic E-state index is -3.39. The van der Waals surface area contributed by atoms with E-state index in [0.29, 0.717) is 39.7 Å². The van der Waals surface area contributed by atoms with Crippen LogP contribution in [-0.2, 0) is 17.1 Å². The summed E-state index contributed by atoms with van der Waals surface area (Å²) in [7, 11) is -1.65. The third-order valence-electron chi connectivity index (χ3n) is 6.48. The molecule has 208 valence electrons. The predicted molar refractivity (Wildman–Crippen MR) is 159 cm³/mol. The first-order valence-corrected chi connectivity index (χ1v) is 14.4. The third kappa shape index (κ3) is 5.72. The van der Waals surface area contributed by atoms with E-state index in [9.17, 15) is 18.0 Å². The zero-order valence-corrected chi connectivity index (χ0v) is 23.3. The highest BCUT2D eigenvalue weighted by atomic mass is 32.2. The first-order chi connectivity index (χ1) is 19.5. The Morgan fingerprint density at radius 1 is 0.902 bits per heavy atom. The summed E-state index contributed by atoms with van der Waals surface area (Å²) >= 11 is 0. The van der Waals surface area contributed by atoms with Gasteiger partial charge in [-0.2, -0.15) is 0 Å². The molecule has 4 N–H and O–H groups in total. The number of nitrogens with two attached hydrogens (primary N) is 1. The highest BCUT2D eigenvalue weighted by Gasteiger charge is 2.22. The summed E-state index contributed by atoms with van der Waals surface area (Å²) in [6.07, 6.45) is 2.62. The van der Waals surface area contributed by atoms with Crippen molar-refractivity contribution in [2.45, 2.75) is 6.92 Å². The molecule has 0 fully saturated rings. The summed E-state index contributed by atoms with van der Waals surface area (Å²) < 4.78 is 28.5. The number of para-hydroxylation sites is 1. The number of carbonyl (C=O) groups is 1. The summed E-state index contributed by atoms with van der Waals surface area (Å²) in [4.78, 5) is 35.2. The van der Waals surface area contributed by atoms with Crippen molar-refractivity contribution in [3.63, 3.8) is 0 Å². The van der Waals surface area contributed by atoms with Crippen LogP contribution >= 0.6 is 0 Å². The SMILES string of the molecule is Cc1c(C(=O)Nc2ccc(-c3nc(-c4ccc(NS(C)(=O)=O)cc4)cnc3N)cc2)c(=O)n(-c2ccccc2)n1C. The molecule has 0 spiro atoms. The van der Waals surface area contributed by atoms with Gasteiger partial charge in [0.05, 0.1) is 29.5 Å². The zero-order chi connectivity index (χ0) is 29.3. The van der Waals surface area contributed by atoms with Crippen LogP contribution in [0.2, 0.25) is 0 Å². The number of hydrogen-bond acceptors (Lipinski definition) is 7. The summed E-state index contributed by atoms with van der Waals surface area (Å²) in [6.45, 7) is 1.73. The maximum atomic E-state index is 13.2. The molecule has 0 radical (unpaired) electrons. The molecule has 41 heavy (non-hydrogen) atoms. The lowest BCUT2D eigenvalue weighted by Gasteiger charge is -2.10. The average molecular weight is 570 g/mol. The quantitative estimate of drug-likeness (QED) is 0.269. The van der Waals surface area contributed by atoms with Gasteiger partial charge in [-0.15, -0.1) is 0 Å². The van der Waals surface area contributed by atoms with Crippen molar-refractivity contribution in [2.24, 2.45) is 7.05 Å². The van der Waals surface area contributed by atoms with Gasteiger partial charge >= 0.3 is 0 Å². The van der Waals surface area contributed by atoms with Gasteiger partial charge in [0.15, 0.2) is 0 Å². The molecular weight excluding hydrogens is 542 g/mol. The molecular formula is C29H27N7O4S. The number of aromatic nitrogens is 4. The molecule has 3 aromatic carbocycles. The first-order valence-electron chi connectivity index (χ1n) is 12.5. The van der Waals surface area contributed by atoms with Crippen molar-refractivity contribution < 1.29 is 13.2 Å². The maximum Gasteiger partial charge on any atom is 0.284 e. The van der Waals surface area contributed by atoms with Gasteiger partial charge in [-0.05, 0) is 43.3 Å². The van der Waals surface area contributed by atoms with Gasteiger partial charge in [-0.1, -0.05) is 42.5 Å². The fourth-order valence-corrected chi connectivity index (χ4v) is 4.97. The second-order valence-electron chi connectivity index (χ2n) is 9.41. The van der Waals surface area contributed by atoms with Crippen molar-refractivity contribution in [2.75, 3.05) is 22.0 Å². The van der Waals surface area contributed by atoms with Gasteiger partial charge in [-0.25, -0.2) is 23.1 Å². The van der Waals surface area contributed by atoms with Crippen LogP contribution in [0.5, 0.6) is 0 Å². The van der Waals surface area contributed by atoms with Gasteiger partial charge in [0.25, 0.3) is 11.5 Å². The highest BCUT2D eigenvalue weighted by molar-refractivity contribution is 7.92. The largest absolute Gasteiger partial charge is 0.382 e. The normalized spacial score (nSPS) is 11.3. The molecule has 0 atom stereocenters. The number of hydrogen-bond donors (Lipinski definition) is 3. The van der Waals surface area contributed by atoms with Gasteiger partial charge in [0.1, 0.15) is 17.1 Å². The van der Waals surface area contributed by atoms with Gasteiger partial charge in [0, 0.05) is 29.5 Å². The number of amides is 1. The molecule has 0 aliphatic carbocycles. The molecule has 0 unspecified atom stereocenters. The number of sulfonamides is 1. The molecule has 0 aliphatic rings. The second-order valence-corrected chi connectivity index (χ2v) is 11.2. The van der Waals surface area contributed by atoms with Crippen LogP contribution in [0.4, 0.5) is 17.2 Å². The van der Waals surface area contributed by atoms with E-state index in [2.05, 4.69) is 20.0 Å². The Morgan fingerprint density at radius 2 is 1.51 bits per heavy atom. The van der Waals surface area contributed by atoms with Crippen LogP contribution in [0.3, 0.4) is 0 Å². The molecule has 2 heterocycles. The number of nitrogens with one attached hydrogen (secondary N) is 2. The Bertz CT molecular complexity index is 1910. The first kappa shape index (κ1) is 27.3. The monoisotopic (exact) mass is 569 g/mol. The van der Waals surface area contributed by atoms with Gasteiger partial charge in [0.2, 0.25) is 10.0 Å². The van der Waals surface area contributed by atoms with Crippen molar-refractivity contribution >= 4 is 33.1 Å². The average Bonchev–Trinajstić information content (AvgIpc) is 3.17. The Balaban J connectivity index is 1.37. The van der Waals surface area contributed by atoms with E-state index in [0.717, 1.165) is 11.8 Å². The van der Waals surface area contributed by atoms with E-state index in [-0.39, 0.29) is 11.4 Å². The fraction of sp³-hybridized carbons (Fsp3) is 0.103. The van der Waals surface area contributed by atoms with Crippen molar-refractivity contribution in [3.05, 3.63) is 107 Å². The molecule has 5 rings (SSSR count). The number of rotatable bonds is 7. The number of benzene rings is 3. The van der Waals surface area contributed by atoms with Crippen LogP contribution in [0.25, 0.3) is 28.2 Å². The van der Waals surface area contributed by atoms with Crippen molar-refractivity contribution in [1.82, 2.24) is 19.3 Å². The molecule has 0 aliphatic heterocycles. The van der Waals surface area contributed by atoms with E-state index in [1.165, 1.54) is 10.9 Å². The molecule has 0 bridgehead atoms. The standard InChI is InChI=1S/C29H27N7O4S/c1-18-25(29(38)36(35(18)2)23-7-5-4-6-8-23)28(37)32-21-13-11-20(12-14-21)26-27(30)31-17-24(33-26)19-9-15-22(16-10-19)34-41(3,39)40/h4-17,34H,1-3H3,(H2,30,31)(H,32,37). The minimum Gasteiger partial charge on any atom is -0.382 e. The molecule has 2 aromatic heterocycles.